The first-order chi connectivity index (χ1) is 19.8. The SMILES string of the molecule is C=CC(=O)N1CCN(c2ccc3ncnc(Nc4ccc(Oc5ccc6c(nnn6C)c5C)cc4F)c3n2)C[C@H]1C. The average Bonchev–Trinajstić information content (AvgIpc) is 3.36. The lowest BCUT2D eigenvalue weighted by atomic mass is 10.2. The van der Waals surface area contributed by atoms with Crippen LogP contribution in [-0.2, 0) is 11.8 Å². The number of aromatic nitrogens is 6. The van der Waals surface area contributed by atoms with Crippen molar-refractivity contribution in [2.45, 2.75) is 19.9 Å². The van der Waals surface area contributed by atoms with Gasteiger partial charge in [0.15, 0.2) is 5.82 Å². The highest BCUT2D eigenvalue weighted by molar-refractivity contribution is 5.89. The van der Waals surface area contributed by atoms with E-state index < -0.39 is 5.82 Å². The molecule has 0 bridgehead atoms. The number of fused-ring (bicyclic) bond motifs is 2. The van der Waals surface area contributed by atoms with Crippen molar-refractivity contribution in [2.75, 3.05) is 29.9 Å². The monoisotopic (exact) mass is 553 g/mol. The van der Waals surface area contributed by atoms with Gasteiger partial charge in [0.1, 0.15) is 40.5 Å². The Bertz CT molecular complexity index is 1800. The molecule has 4 heterocycles. The molecular weight excluding hydrogens is 525 g/mol. The number of carbonyl (C=O) groups excluding carboxylic acids is 1. The summed E-state index contributed by atoms with van der Waals surface area (Å²) in [4.78, 5) is 29.5. The number of nitrogens with one attached hydrogen (secondary N) is 1. The van der Waals surface area contributed by atoms with Crippen molar-refractivity contribution in [1.82, 2.24) is 34.8 Å². The Morgan fingerprint density at radius 2 is 2.00 bits per heavy atom. The van der Waals surface area contributed by atoms with E-state index in [9.17, 15) is 4.79 Å². The minimum absolute atomic E-state index is 0.00230. The molecule has 1 N–H and O–H groups in total. The highest BCUT2D eigenvalue weighted by Gasteiger charge is 2.27. The molecule has 0 spiro atoms. The van der Waals surface area contributed by atoms with Crippen LogP contribution in [0.3, 0.4) is 0 Å². The van der Waals surface area contributed by atoms with Crippen LogP contribution in [-0.4, -0.2) is 66.4 Å². The molecule has 1 fully saturated rings. The van der Waals surface area contributed by atoms with E-state index in [-0.39, 0.29) is 17.6 Å². The van der Waals surface area contributed by atoms with Crippen LogP contribution in [0.25, 0.3) is 22.1 Å². The van der Waals surface area contributed by atoms with Gasteiger partial charge in [-0.05, 0) is 56.3 Å². The summed E-state index contributed by atoms with van der Waals surface area (Å²) in [5, 5.41) is 11.3. The fourth-order valence-electron chi connectivity index (χ4n) is 5.05. The molecule has 6 rings (SSSR count). The Morgan fingerprint density at radius 1 is 1.15 bits per heavy atom. The molecule has 1 aliphatic rings. The number of hydrogen-bond donors (Lipinski definition) is 1. The first kappa shape index (κ1) is 26.1. The standard InChI is InChI=1S/C29H28FN9O2/c1-5-26(40)39-13-12-38(15-17(39)2)25-11-8-22-28(34-25)29(32-16-31-22)33-21-7-6-19(14-20(21)30)41-24-10-9-23-27(18(24)3)35-36-37(23)4/h5-11,14,16-17H,1,12-13,15H2,2-4H3,(H,31,32,33)/t17-/m1/s1. The van der Waals surface area contributed by atoms with Gasteiger partial charge >= 0.3 is 0 Å². The van der Waals surface area contributed by atoms with Gasteiger partial charge in [-0.3, -0.25) is 4.79 Å². The predicted octanol–water partition coefficient (Wildman–Crippen LogP) is 4.51. The molecule has 1 saturated heterocycles. The molecule has 41 heavy (non-hydrogen) atoms. The van der Waals surface area contributed by atoms with E-state index in [1.807, 2.05) is 45.2 Å². The lowest BCUT2D eigenvalue weighted by Crippen LogP contribution is -2.53. The van der Waals surface area contributed by atoms with Crippen LogP contribution in [0.1, 0.15) is 12.5 Å². The van der Waals surface area contributed by atoms with E-state index in [1.54, 1.807) is 21.7 Å². The Kier molecular flexibility index (Phi) is 6.66. The number of anilines is 3. The van der Waals surface area contributed by atoms with Crippen molar-refractivity contribution in [2.24, 2.45) is 7.05 Å². The highest BCUT2D eigenvalue weighted by Crippen LogP contribution is 2.32. The maximum absolute atomic E-state index is 15.3. The summed E-state index contributed by atoms with van der Waals surface area (Å²) in [5.74, 6) is 1.43. The lowest BCUT2D eigenvalue weighted by molar-refractivity contribution is -0.128. The van der Waals surface area contributed by atoms with E-state index in [4.69, 9.17) is 9.72 Å². The van der Waals surface area contributed by atoms with E-state index in [0.717, 1.165) is 22.4 Å². The highest BCUT2D eigenvalue weighted by atomic mass is 19.1. The maximum Gasteiger partial charge on any atom is 0.246 e. The third-order valence-corrected chi connectivity index (χ3v) is 7.29. The van der Waals surface area contributed by atoms with E-state index >= 15 is 4.39 Å². The van der Waals surface area contributed by atoms with Gasteiger partial charge in [-0.25, -0.2) is 24.0 Å². The number of amides is 1. The average molecular weight is 554 g/mol. The van der Waals surface area contributed by atoms with Crippen molar-refractivity contribution >= 4 is 45.3 Å². The first-order valence-corrected chi connectivity index (χ1v) is 13.2. The number of nitrogens with zero attached hydrogens (tertiary/aromatic N) is 8. The molecule has 208 valence electrons. The number of ether oxygens (including phenoxy) is 1. The van der Waals surface area contributed by atoms with Gasteiger partial charge in [0.05, 0.1) is 16.7 Å². The number of piperazine rings is 1. The number of pyridine rings is 1. The molecule has 0 aliphatic carbocycles. The van der Waals surface area contributed by atoms with Crippen LogP contribution in [0, 0.1) is 12.7 Å². The second kappa shape index (κ2) is 10.5. The van der Waals surface area contributed by atoms with E-state index in [0.29, 0.717) is 48.0 Å². The number of aryl methyl sites for hydroxylation is 2. The second-order valence-corrected chi connectivity index (χ2v) is 9.93. The van der Waals surface area contributed by atoms with Gasteiger partial charge in [-0.15, -0.1) is 5.10 Å². The summed E-state index contributed by atoms with van der Waals surface area (Å²) in [6.07, 6.45) is 2.75. The first-order valence-electron chi connectivity index (χ1n) is 13.2. The topological polar surface area (TPSA) is 114 Å². The number of carbonyl (C=O) groups is 1. The zero-order valence-electron chi connectivity index (χ0n) is 22.9. The van der Waals surface area contributed by atoms with Gasteiger partial charge < -0.3 is 19.9 Å². The largest absolute Gasteiger partial charge is 0.457 e. The fraction of sp³-hybridized carbons (Fsp3) is 0.241. The van der Waals surface area contributed by atoms with Crippen LogP contribution in [0.2, 0.25) is 0 Å². The van der Waals surface area contributed by atoms with Crippen molar-refractivity contribution in [1.29, 1.82) is 0 Å². The van der Waals surface area contributed by atoms with Gasteiger partial charge in [-0.2, -0.15) is 0 Å². The second-order valence-electron chi connectivity index (χ2n) is 9.93. The fourth-order valence-corrected chi connectivity index (χ4v) is 5.05. The molecular formula is C29H28FN9O2. The van der Waals surface area contributed by atoms with E-state index in [1.165, 1.54) is 18.5 Å². The minimum atomic E-state index is -0.513. The van der Waals surface area contributed by atoms with Crippen LogP contribution in [0.15, 0.2) is 61.4 Å². The van der Waals surface area contributed by atoms with Gasteiger partial charge in [-0.1, -0.05) is 11.8 Å². The number of halogens is 1. The summed E-state index contributed by atoms with van der Waals surface area (Å²) in [5.41, 5.74) is 3.78. The summed E-state index contributed by atoms with van der Waals surface area (Å²) in [6, 6.07) is 12.0. The molecule has 3 aromatic heterocycles. The molecule has 12 heteroatoms. The van der Waals surface area contributed by atoms with Gasteiger partial charge in [0.25, 0.3) is 0 Å². The van der Waals surface area contributed by atoms with Gasteiger partial charge in [0, 0.05) is 44.4 Å². The van der Waals surface area contributed by atoms with E-state index in [2.05, 4.69) is 37.1 Å². The third kappa shape index (κ3) is 4.88. The quantitative estimate of drug-likeness (QED) is 0.303. The molecule has 1 atom stereocenters. The summed E-state index contributed by atoms with van der Waals surface area (Å²) < 4.78 is 22.9. The van der Waals surface area contributed by atoms with Gasteiger partial charge in [0.2, 0.25) is 5.91 Å². The van der Waals surface area contributed by atoms with Crippen molar-refractivity contribution < 1.29 is 13.9 Å². The summed E-state index contributed by atoms with van der Waals surface area (Å²) in [6.45, 7) is 9.28. The number of hydrogen-bond acceptors (Lipinski definition) is 9. The smallest absolute Gasteiger partial charge is 0.246 e. The van der Waals surface area contributed by atoms with Crippen LogP contribution < -0.4 is 15.0 Å². The Labute approximate surface area is 235 Å². The Hall–Kier alpha value is -5.13. The molecule has 2 aromatic carbocycles. The van der Waals surface area contributed by atoms with Crippen molar-refractivity contribution in [3.05, 3.63) is 72.8 Å². The van der Waals surface area contributed by atoms with Crippen LogP contribution in [0.5, 0.6) is 11.5 Å². The normalized spacial score (nSPS) is 15.4. The zero-order chi connectivity index (χ0) is 28.7. The molecule has 11 nitrogen and oxygen atoms in total. The molecule has 0 unspecified atom stereocenters. The summed E-state index contributed by atoms with van der Waals surface area (Å²) >= 11 is 0. The molecule has 5 aromatic rings. The lowest BCUT2D eigenvalue weighted by Gasteiger charge is -2.40. The summed E-state index contributed by atoms with van der Waals surface area (Å²) in [7, 11) is 1.82. The van der Waals surface area contributed by atoms with Crippen LogP contribution in [0.4, 0.5) is 21.7 Å². The number of benzene rings is 2. The van der Waals surface area contributed by atoms with Crippen molar-refractivity contribution in [3.63, 3.8) is 0 Å². The van der Waals surface area contributed by atoms with Crippen molar-refractivity contribution in [3.8, 4) is 11.5 Å². The zero-order valence-corrected chi connectivity index (χ0v) is 22.9. The van der Waals surface area contributed by atoms with Crippen LogP contribution >= 0.6 is 0 Å². The molecule has 0 radical (unpaired) electrons. The maximum atomic E-state index is 15.3. The number of rotatable bonds is 6. The Morgan fingerprint density at radius 3 is 2.78 bits per heavy atom. The molecule has 1 aliphatic heterocycles. The predicted molar refractivity (Wildman–Crippen MR) is 154 cm³/mol. The Balaban J connectivity index is 1.23. The molecule has 0 saturated carbocycles. The molecule has 1 amide bonds. The minimum Gasteiger partial charge on any atom is -0.457 e. The third-order valence-electron chi connectivity index (χ3n) is 7.29.